The van der Waals surface area contributed by atoms with Gasteiger partial charge >= 0.3 is 0 Å². The summed E-state index contributed by atoms with van der Waals surface area (Å²) in [5.41, 5.74) is 1.28. The minimum atomic E-state index is 0.477. The molecule has 0 aliphatic heterocycles. The Labute approximate surface area is 98.0 Å². The molecule has 3 heteroatoms. The molecule has 0 unspecified atom stereocenters. The average Bonchev–Trinajstić information content (AvgIpc) is 2.82. The smallest absolute Gasteiger partial charge is 0.152 e. The molecule has 1 N–H and O–H groups in total. The van der Waals surface area contributed by atoms with Crippen molar-refractivity contribution in [2.24, 2.45) is 5.16 Å². The first-order valence-corrected chi connectivity index (χ1v) is 5.40. The molecule has 0 radical (unpaired) electrons. The van der Waals surface area contributed by atoms with Crippen LogP contribution in [-0.2, 0) is 0 Å². The minimum absolute atomic E-state index is 0.477. The van der Waals surface area contributed by atoms with Gasteiger partial charge in [0.25, 0.3) is 0 Å². The molecule has 3 nitrogen and oxygen atoms in total. The summed E-state index contributed by atoms with van der Waals surface area (Å²) in [5.74, 6) is 0.596. The van der Waals surface area contributed by atoms with Gasteiger partial charge < -0.3 is 9.62 Å². The number of nitrogens with zero attached hydrogens (tertiary/aromatic N) is 1. The lowest BCUT2D eigenvalue weighted by molar-refractivity contribution is 0.318. The summed E-state index contributed by atoms with van der Waals surface area (Å²) in [7, 11) is 0. The Morgan fingerprint density at radius 1 is 1.12 bits per heavy atom. The first kappa shape index (κ1) is 9.90. The predicted octanol–water partition coefficient (Wildman–Crippen LogP) is 3.78. The fourth-order valence-electron chi connectivity index (χ4n) is 2.02. The predicted molar refractivity (Wildman–Crippen MR) is 67.7 cm³/mol. The van der Waals surface area contributed by atoms with Crippen LogP contribution in [0.2, 0.25) is 0 Å². The highest BCUT2D eigenvalue weighted by molar-refractivity contribution is 6.09. The van der Waals surface area contributed by atoms with E-state index < -0.39 is 0 Å². The first-order chi connectivity index (χ1) is 8.29. The number of oxime groups is 1. The van der Waals surface area contributed by atoms with Crippen molar-refractivity contribution < 1.29 is 9.62 Å². The van der Waals surface area contributed by atoms with Gasteiger partial charge in [-0.15, -0.1) is 0 Å². The minimum Gasteiger partial charge on any atom is -0.455 e. The molecule has 2 aromatic carbocycles. The lowest BCUT2D eigenvalue weighted by Crippen LogP contribution is -1.89. The fraction of sp³-hybridized carbons (Fsp3) is 0.0714. The van der Waals surface area contributed by atoms with Gasteiger partial charge in [0, 0.05) is 5.39 Å². The molecule has 0 fully saturated rings. The third kappa shape index (κ3) is 1.47. The molecule has 17 heavy (non-hydrogen) atoms. The lowest BCUT2D eigenvalue weighted by Gasteiger charge is -1.96. The van der Waals surface area contributed by atoms with E-state index in [1.54, 1.807) is 6.92 Å². The Hall–Kier alpha value is -2.29. The van der Waals surface area contributed by atoms with Gasteiger partial charge in [-0.05, 0) is 29.8 Å². The quantitative estimate of drug-likeness (QED) is 0.389. The molecule has 0 amide bonds. The molecule has 0 aliphatic rings. The van der Waals surface area contributed by atoms with E-state index in [0.29, 0.717) is 11.5 Å². The topological polar surface area (TPSA) is 45.7 Å². The zero-order chi connectivity index (χ0) is 11.8. The maximum atomic E-state index is 8.75. The van der Waals surface area contributed by atoms with E-state index in [0.717, 1.165) is 16.4 Å². The Morgan fingerprint density at radius 2 is 1.94 bits per heavy atom. The summed E-state index contributed by atoms with van der Waals surface area (Å²) in [5, 5.41) is 15.3. The Bertz CT molecular complexity index is 725. The van der Waals surface area contributed by atoms with Gasteiger partial charge in [-0.25, -0.2) is 0 Å². The molecular formula is C14H11NO2. The van der Waals surface area contributed by atoms with E-state index in [4.69, 9.17) is 9.62 Å². The number of fused-ring (bicyclic) bond motifs is 3. The number of hydrogen-bond acceptors (Lipinski definition) is 3. The molecule has 3 rings (SSSR count). The van der Waals surface area contributed by atoms with Crippen LogP contribution in [-0.4, -0.2) is 10.9 Å². The molecule has 0 bridgehead atoms. The van der Waals surface area contributed by atoms with Crippen molar-refractivity contribution in [1.82, 2.24) is 0 Å². The van der Waals surface area contributed by atoms with E-state index in [-0.39, 0.29) is 0 Å². The second kappa shape index (κ2) is 3.63. The molecular weight excluding hydrogens is 214 g/mol. The number of benzene rings is 2. The van der Waals surface area contributed by atoms with Gasteiger partial charge in [-0.2, -0.15) is 0 Å². The lowest BCUT2D eigenvalue weighted by atomic mass is 10.1. The summed E-state index contributed by atoms with van der Waals surface area (Å²) in [4.78, 5) is 0. The standard InChI is InChI=1S/C14H11NO2/c1-9(15-16)14-8-12-11-5-3-2-4-10(11)6-7-13(12)17-14/h2-8,16H,1H3. The van der Waals surface area contributed by atoms with Crippen molar-refractivity contribution in [3.8, 4) is 0 Å². The summed E-state index contributed by atoms with van der Waals surface area (Å²) < 4.78 is 5.64. The molecule has 1 heterocycles. The summed E-state index contributed by atoms with van der Waals surface area (Å²) in [6.45, 7) is 1.71. The zero-order valence-electron chi connectivity index (χ0n) is 9.34. The first-order valence-electron chi connectivity index (χ1n) is 5.40. The molecule has 84 valence electrons. The van der Waals surface area contributed by atoms with Gasteiger partial charge in [0.1, 0.15) is 11.3 Å². The Kier molecular flexibility index (Phi) is 2.11. The maximum absolute atomic E-state index is 8.75. The number of hydrogen-bond donors (Lipinski definition) is 1. The molecule has 0 saturated carbocycles. The van der Waals surface area contributed by atoms with Crippen molar-refractivity contribution >= 4 is 27.5 Å². The van der Waals surface area contributed by atoms with Gasteiger partial charge in [-0.3, -0.25) is 0 Å². The highest BCUT2D eigenvalue weighted by Gasteiger charge is 2.09. The van der Waals surface area contributed by atoms with Crippen molar-refractivity contribution in [2.45, 2.75) is 6.92 Å². The van der Waals surface area contributed by atoms with Crippen LogP contribution in [0.15, 0.2) is 52.0 Å². The van der Waals surface area contributed by atoms with Crippen LogP contribution in [0.25, 0.3) is 21.7 Å². The third-order valence-electron chi connectivity index (χ3n) is 2.93. The molecule has 3 aromatic rings. The third-order valence-corrected chi connectivity index (χ3v) is 2.93. The normalized spacial score (nSPS) is 12.4. The van der Waals surface area contributed by atoms with Crippen molar-refractivity contribution in [3.05, 3.63) is 48.2 Å². The van der Waals surface area contributed by atoms with E-state index in [1.807, 2.05) is 30.3 Å². The maximum Gasteiger partial charge on any atom is 0.152 e. The van der Waals surface area contributed by atoms with Crippen LogP contribution >= 0.6 is 0 Å². The molecule has 0 spiro atoms. The fourth-order valence-corrected chi connectivity index (χ4v) is 2.02. The highest BCUT2D eigenvalue weighted by atomic mass is 16.4. The Balaban J connectivity index is 2.39. The summed E-state index contributed by atoms with van der Waals surface area (Å²) >= 11 is 0. The molecule has 1 aromatic heterocycles. The van der Waals surface area contributed by atoms with E-state index in [2.05, 4.69) is 17.3 Å². The van der Waals surface area contributed by atoms with Crippen LogP contribution in [0.1, 0.15) is 12.7 Å². The van der Waals surface area contributed by atoms with Gasteiger partial charge in [0.05, 0.1) is 0 Å². The monoisotopic (exact) mass is 225 g/mol. The van der Waals surface area contributed by atoms with Crippen LogP contribution in [0.4, 0.5) is 0 Å². The van der Waals surface area contributed by atoms with Crippen molar-refractivity contribution in [3.63, 3.8) is 0 Å². The Morgan fingerprint density at radius 3 is 2.76 bits per heavy atom. The molecule has 0 saturated heterocycles. The average molecular weight is 225 g/mol. The highest BCUT2D eigenvalue weighted by Crippen LogP contribution is 2.28. The van der Waals surface area contributed by atoms with Gasteiger partial charge in [-0.1, -0.05) is 35.5 Å². The van der Waals surface area contributed by atoms with Crippen molar-refractivity contribution in [1.29, 1.82) is 0 Å². The van der Waals surface area contributed by atoms with Crippen LogP contribution < -0.4 is 0 Å². The van der Waals surface area contributed by atoms with Crippen molar-refractivity contribution in [2.75, 3.05) is 0 Å². The van der Waals surface area contributed by atoms with E-state index in [9.17, 15) is 0 Å². The summed E-state index contributed by atoms with van der Waals surface area (Å²) in [6.07, 6.45) is 0. The molecule has 0 aliphatic carbocycles. The molecule has 0 atom stereocenters. The van der Waals surface area contributed by atoms with Crippen LogP contribution in [0, 0.1) is 0 Å². The van der Waals surface area contributed by atoms with Gasteiger partial charge in [0.15, 0.2) is 5.76 Å². The van der Waals surface area contributed by atoms with E-state index >= 15 is 0 Å². The zero-order valence-corrected chi connectivity index (χ0v) is 9.34. The van der Waals surface area contributed by atoms with Gasteiger partial charge in [0.2, 0.25) is 0 Å². The SMILES string of the molecule is CC(=NO)c1cc2c(ccc3ccccc32)o1. The summed E-state index contributed by atoms with van der Waals surface area (Å²) in [6, 6.07) is 14.0. The van der Waals surface area contributed by atoms with Crippen LogP contribution in [0.5, 0.6) is 0 Å². The van der Waals surface area contributed by atoms with Crippen LogP contribution in [0.3, 0.4) is 0 Å². The second-order valence-electron chi connectivity index (χ2n) is 3.99. The second-order valence-corrected chi connectivity index (χ2v) is 3.99. The number of rotatable bonds is 1. The van der Waals surface area contributed by atoms with E-state index in [1.165, 1.54) is 5.39 Å². The largest absolute Gasteiger partial charge is 0.455 e. The number of furan rings is 1.